The van der Waals surface area contributed by atoms with Crippen LogP contribution >= 0.6 is 15.6 Å². The van der Waals surface area contributed by atoms with Gasteiger partial charge in [-0.15, -0.1) is 0 Å². The highest BCUT2D eigenvalue weighted by Gasteiger charge is 2.49. The molecule has 0 aliphatic carbocycles. The number of alkyl halides is 2. The number of likely N-dealkylation sites (tertiary alicyclic amines) is 1. The predicted molar refractivity (Wildman–Crippen MR) is 203 cm³/mol. The van der Waals surface area contributed by atoms with Crippen molar-refractivity contribution in [3.8, 4) is 0 Å². The predicted octanol–water partition coefficient (Wildman–Crippen LogP) is 5.57. The van der Waals surface area contributed by atoms with Crippen LogP contribution in [0.3, 0.4) is 0 Å². The lowest BCUT2D eigenvalue weighted by molar-refractivity contribution is -0.167. The first-order valence-electron chi connectivity index (χ1n) is 18.6. The van der Waals surface area contributed by atoms with Gasteiger partial charge in [0.25, 0.3) is 5.91 Å². The van der Waals surface area contributed by atoms with Crippen molar-refractivity contribution in [2.24, 2.45) is 0 Å². The molecule has 0 spiro atoms. The monoisotopic (exact) mass is 828 g/mol. The normalized spacial score (nSPS) is 17.0. The maximum Gasteiger partial charge on any atom is 0.366 e. The fraction of sp³-hybridized carbons (Fsp3) is 0.526. The number of aliphatic hydroxyl groups is 1. The van der Waals surface area contributed by atoms with Crippen LogP contribution < -0.4 is 5.32 Å². The van der Waals surface area contributed by atoms with Crippen molar-refractivity contribution in [2.45, 2.75) is 107 Å². The Balaban J connectivity index is 1.56. The molecule has 56 heavy (non-hydrogen) atoms. The van der Waals surface area contributed by atoms with Crippen molar-refractivity contribution in [2.75, 3.05) is 19.7 Å². The van der Waals surface area contributed by atoms with Crippen LogP contribution in [0.15, 0.2) is 66.7 Å². The second kappa shape index (κ2) is 22.2. The molecule has 0 radical (unpaired) electrons. The van der Waals surface area contributed by atoms with Crippen molar-refractivity contribution >= 4 is 39.4 Å². The lowest BCUT2D eigenvalue weighted by atomic mass is 10.0. The largest absolute Gasteiger partial charge is 0.466 e. The van der Waals surface area contributed by atoms with E-state index in [0.29, 0.717) is 50.8 Å². The molecule has 3 rings (SSSR count). The Morgan fingerprint density at radius 3 is 2.30 bits per heavy atom. The molecular weight excluding hydrogens is 776 g/mol. The highest BCUT2D eigenvalue weighted by Crippen LogP contribution is 2.62. The maximum absolute atomic E-state index is 15.9. The number of esters is 2. The molecule has 2 amide bonds. The third-order valence-corrected chi connectivity index (χ3v) is 12.9. The molecular formula is C38H52F2N2O12P2. The van der Waals surface area contributed by atoms with Crippen LogP contribution in [0.4, 0.5) is 8.78 Å². The van der Waals surface area contributed by atoms with Gasteiger partial charge in [0.1, 0.15) is 0 Å². The highest BCUT2D eigenvalue weighted by atomic mass is 31.2. The molecule has 0 saturated carbocycles. The first kappa shape index (κ1) is 46.6. The molecule has 2 unspecified atom stereocenters. The third-order valence-electron chi connectivity index (χ3n) is 9.37. The summed E-state index contributed by atoms with van der Waals surface area (Å²) in [5, 5.41) is 9.59. The molecule has 310 valence electrons. The molecule has 5 N–H and O–H groups in total. The highest BCUT2D eigenvalue weighted by molar-refractivity contribution is 7.66. The number of nitrogens with one attached hydrogen (secondary N) is 1. The van der Waals surface area contributed by atoms with Crippen LogP contribution in [0.2, 0.25) is 0 Å². The van der Waals surface area contributed by atoms with E-state index in [2.05, 4.69) is 5.32 Å². The number of ether oxygens (including phenoxy) is 2. The van der Waals surface area contributed by atoms with Gasteiger partial charge in [-0.25, -0.2) is 0 Å². The van der Waals surface area contributed by atoms with Gasteiger partial charge < -0.3 is 39.5 Å². The molecule has 1 fully saturated rings. The standard InChI is InChI=1S/C38H52F2N2O12P2/c1-2-53-34(44)15-9-3-4-12-26-42-31(21-23-33(42)43)20-22-32(38(39,40)30-13-7-5-8-14-30)54-35(45)27-28-16-18-29(19-17-28)36(46)41-25-11-6-10-24-37(47,55(48)49)56(50,51)52/h5,7-8,13-14,16-20,22,31-32,47,55H,2-4,6,9-12,15,21,23-27H2,1H3,(H,41,46)(H,48,49)(H2,50,51,52)/b22-20+/t31-,32+,37?/m0/s1. The van der Waals surface area contributed by atoms with Gasteiger partial charge >= 0.3 is 25.5 Å². The molecule has 0 bridgehead atoms. The minimum Gasteiger partial charge on any atom is -0.466 e. The fourth-order valence-corrected chi connectivity index (χ4v) is 7.99. The molecule has 0 aromatic heterocycles. The van der Waals surface area contributed by atoms with E-state index in [1.54, 1.807) is 17.9 Å². The number of carbonyl (C=O) groups excluding carboxylic acids is 4. The molecule has 2 aromatic rings. The van der Waals surface area contributed by atoms with Crippen LogP contribution in [0.5, 0.6) is 0 Å². The van der Waals surface area contributed by atoms with Gasteiger partial charge in [0.15, 0.2) is 6.10 Å². The molecule has 4 atom stereocenters. The second-order valence-electron chi connectivity index (χ2n) is 13.6. The summed E-state index contributed by atoms with van der Waals surface area (Å²) < 4.78 is 64.8. The topological polar surface area (TPSA) is 217 Å². The van der Waals surface area contributed by atoms with Gasteiger partial charge in [-0.1, -0.05) is 67.8 Å². The summed E-state index contributed by atoms with van der Waals surface area (Å²) in [6, 6.07) is 12.4. The average Bonchev–Trinajstić information content (AvgIpc) is 3.50. The Kier molecular flexibility index (Phi) is 18.5. The third kappa shape index (κ3) is 14.0. The van der Waals surface area contributed by atoms with Crippen molar-refractivity contribution in [1.29, 1.82) is 0 Å². The molecule has 1 heterocycles. The number of benzene rings is 2. The molecule has 2 aromatic carbocycles. The van der Waals surface area contributed by atoms with Crippen molar-refractivity contribution in [3.63, 3.8) is 0 Å². The van der Waals surface area contributed by atoms with Gasteiger partial charge in [-0.2, -0.15) is 8.78 Å². The molecule has 1 aliphatic heterocycles. The van der Waals surface area contributed by atoms with E-state index in [4.69, 9.17) is 9.47 Å². The van der Waals surface area contributed by atoms with Crippen molar-refractivity contribution < 1.29 is 66.3 Å². The summed E-state index contributed by atoms with van der Waals surface area (Å²) in [5.41, 5.74) is 0.276. The summed E-state index contributed by atoms with van der Waals surface area (Å²) in [6.07, 6.45) is 4.24. The summed E-state index contributed by atoms with van der Waals surface area (Å²) in [4.78, 5) is 79.1. The first-order chi connectivity index (χ1) is 26.5. The lowest BCUT2D eigenvalue weighted by Gasteiger charge is -2.27. The fourth-order valence-electron chi connectivity index (χ4n) is 6.15. The number of rotatable bonds is 24. The van der Waals surface area contributed by atoms with Crippen LogP contribution in [0, 0.1) is 0 Å². The van der Waals surface area contributed by atoms with Crippen LogP contribution in [-0.2, 0) is 45.3 Å². The Morgan fingerprint density at radius 2 is 1.66 bits per heavy atom. The minimum atomic E-state index is -5.23. The SMILES string of the molecule is CCOC(=O)CCCCCCN1C(=O)CC[C@@H]1/C=C/[C@@H](OC(=O)Cc1ccc(C(=O)NCCCCCC(O)([PH](=O)O)P(=O)(O)O)cc1)C(F)(F)c1ccccc1. The van der Waals surface area contributed by atoms with Crippen LogP contribution in [0.25, 0.3) is 0 Å². The molecule has 18 heteroatoms. The quantitative estimate of drug-likeness (QED) is 0.0380. The zero-order chi connectivity index (χ0) is 41.4. The summed E-state index contributed by atoms with van der Waals surface area (Å²) in [7, 11) is -9.17. The number of hydrogen-bond donors (Lipinski definition) is 5. The van der Waals surface area contributed by atoms with Gasteiger partial charge in [0.05, 0.1) is 19.1 Å². The Labute approximate surface area is 325 Å². The summed E-state index contributed by atoms with van der Waals surface area (Å²) in [5.74, 6) is -5.36. The minimum absolute atomic E-state index is 0.0216. The molecule has 1 aliphatic rings. The van der Waals surface area contributed by atoms with Gasteiger partial charge in [-0.05, 0) is 69.2 Å². The maximum atomic E-state index is 15.9. The average molecular weight is 829 g/mol. The number of halogens is 2. The van der Waals surface area contributed by atoms with Crippen molar-refractivity contribution in [3.05, 3.63) is 83.4 Å². The molecule has 1 saturated heterocycles. The number of hydrogen-bond acceptors (Lipinski definition) is 9. The van der Waals surface area contributed by atoms with E-state index in [1.165, 1.54) is 54.6 Å². The zero-order valence-corrected chi connectivity index (χ0v) is 33.2. The summed E-state index contributed by atoms with van der Waals surface area (Å²) in [6.45, 7) is 2.65. The van der Waals surface area contributed by atoms with E-state index in [0.717, 1.165) is 18.9 Å². The Hall–Kier alpha value is -3.78. The summed E-state index contributed by atoms with van der Waals surface area (Å²) >= 11 is 0. The van der Waals surface area contributed by atoms with Gasteiger partial charge in [0, 0.05) is 37.1 Å². The zero-order valence-electron chi connectivity index (χ0n) is 31.3. The van der Waals surface area contributed by atoms with E-state index < -0.39 is 57.1 Å². The van der Waals surface area contributed by atoms with Crippen LogP contribution in [0.1, 0.15) is 99.0 Å². The Bertz CT molecular complexity index is 1710. The van der Waals surface area contributed by atoms with Crippen LogP contribution in [-0.4, -0.2) is 85.4 Å². The first-order valence-corrected chi connectivity index (χ1v) is 21.6. The van der Waals surface area contributed by atoms with E-state index in [9.17, 15) is 48.1 Å². The van der Waals surface area contributed by atoms with Gasteiger partial charge in [-0.3, -0.25) is 28.3 Å². The molecule has 14 nitrogen and oxygen atoms in total. The number of carbonyl (C=O) groups is 4. The number of amides is 2. The van der Waals surface area contributed by atoms with E-state index >= 15 is 8.78 Å². The Morgan fingerprint density at radius 1 is 1.00 bits per heavy atom. The second-order valence-corrected chi connectivity index (χ2v) is 17.2. The van der Waals surface area contributed by atoms with Crippen molar-refractivity contribution in [1.82, 2.24) is 10.2 Å². The number of nitrogens with zero attached hydrogens (tertiary/aromatic N) is 1. The smallest absolute Gasteiger partial charge is 0.366 e. The van der Waals surface area contributed by atoms with E-state index in [-0.39, 0.29) is 55.2 Å². The lowest BCUT2D eigenvalue weighted by Crippen LogP contribution is -2.36. The van der Waals surface area contributed by atoms with E-state index in [1.807, 2.05) is 0 Å². The van der Waals surface area contributed by atoms with Gasteiger partial charge in [0.2, 0.25) is 19.0 Å². The number of unbranched alkanes of at least 4 members (excludes halogenated alkanes) is 5.